The molecule has 5 rings (SSSR count). The number of para-hydroxylation sites is 1. The molecule has 0 unspecified atom stereocenters. The minimum Gasteiger partial charge on any atom is -0.376 e. The Morgan fingerprint density at radius 3 is 2.74 bits per heavy atom. The minimum atomic E-state index is -3.02. The number of amides is 1. The maximum atomic E-state index is 13.5. The topological polar surface area (TPSA) is 93.5 Å². The van der Waals surface area contributed by atoms with Crippen molar-refractivity contribution in [3.63, 3.8) is 0 Å². The maximum absolute atomic E-state index is 13.5. The number of hydrogen-bond donors (Lipinski definition) is 1. The highest BCUT2D eigenvalue weighted by Crippen LogP contribution is 2.37. The normalized spacial score (nSPS) is 27.4. The van der Waals surface area contributed by atoms with Gasteiger partial charge in [-0.2, -0.15) is 5.10 Å². The third-order valence-electron chi connectivity index (χ3n) is 6.66. The number of aromatic nitrogens is 2. The van der Waals surface area contributed by atoms with E-state index < -0.39 is 9.84 Å². The zero-order valence-corrected chi connectivity index (χ0v) is 18.7. The molecule has 2 aromatic rings. The van der Waals surface area contributed by atoms with Crippen molar-refractivity contribution < 1.29 is 17.9 Å². The summed E-state index contributed by atoms with van der Waals surface area (Å²) < 4.78 is 31.7. The van der Waals surface area contributed by atoms with Gasteiger partial charge in [0.2, 0.25) is 0 Å². The van der Waals surface area contributed by atoms with E-state index >= 15 is 0 Å². The predicted octanol–water partition coefficient (Wildman–Crippen LogP) is 2.61. The Balaban J connectivity index is 1.54. The number of carbonyl (C=O) groups is 1. The molecule has 31 heavy (non-hydrogen) atoms. The molecule has 0 radical (unpaired) electrons. The number of carbonyl (C=O) groups excluding carboxylic acids is 1. The van der Waals surface area contributed by atoms with Gasteiger partial charge in [-0.05, 0) is 45.2 Å². The summed E-state index contributed by atoms with van der Waals surface area (Å²) in [5.74, 6) is 0.294. The first kappa shape index (κ1) is 20.5. The van der Waals surface area contributed by atoms with Crippen molar-refractivity contribution in [3.05, 3.63) is 46.8 Å². The number of rotatable bonds is 4. The number of ether oxygens (including phenoxy) is 1. The number of fused-ring (bicyclic) bond motifs is 1. The first-order chi connectivity index (χ1) is 14.8. The molecule has 9 heteroatoms. The maximum Gasteiger partial charge on any atom is 0.257 e. The zero-order valence-electron chi connectivity index (χ0n) is 17.9. The van der Waals surface area contributed by atoms with Gasteiger partial charge in [0.15, 0.2) is 9.84 Å². The molecule has 8 nitrogen and oxygen atoms in total. The monoisotopic (exact) mass is 444 g/mol. The van der Waals surface area contributed by atoms with E-state index in [0.717, 1.165) is 42.1 Å². The number of nitrogens with zero attached hydrogens (tertiary/aromatic N) is 3. The molecule has 4 heterocycles. The second kappa shape index (κ2) is 7.63. The highest BCUT2D eigenvalue weighted by atomic mass is 32.2. The Labute approximate surface area is 182 Å². The molecule has 0 spiro atoms. The van der Waals surface area contributed by atoms with Crippen molar-refractivity contribution in [1.82, 2.24) is 14.7 Å². The molecule has 0 saturated carbocycles. The fourth-order valence-corrected chi connectivity index (χ4v) is 6.80. The van der Waals surface area contributed by atoms with E-state index in [0.29, 0.717) is 18.5 Å². The summed E-state index contributed by atoms with van der Waals surface area (Å²) in [6, 6.07) is 7.39. The van der Waals surface area contributed by atoms with E-state index in [2.05, 4.69) is 5.32 Å². The van der Waals surface area contributed by atoms with Crippen LogP contribution in [0.2, 0.25) is 0 Å². The van der Waals surface area contributed by atoms with Gasteiger partial charge in [0.05, 0.1) is 34.9 Å². The molecule has 1 aromatic heterocycles. The molecule has 3 aliphatic rings. The number of aryl methyl sites for hydroxylation is 1. The van der Waals surface area contributed by atoms with Crippen molar-refractivity contribution in [2.75, 3.05) is 30.0 Å². The molecule has 1 amide bonds. The number of nitrogens with one attached hydrogen (secondary N) is 1. The number of anilines is 1. The molecule has 2 fully saturated rings. The lowest BCUT2D eigenvalue weighted by Crippen LogP contribution is -2.46. The van der Waals surface area contributed by atoms with Crippen molar-refractivity contribution >= 4 is 21.4 Å². The summed E-state index contributed by atoms with van der Waals surface area (Å²) in [6.45, 7) is 5.14. The second-order valence-corrected chi connectivity index (χ2v) is 11.0. The van der Waals surface area contributed by atoms with Gasteiger partial charge in [0, 0.05) is 30.1 Å². The average Bonchev–Trinajstić information content (AvgIpc) is 3.44. The van der Waals surface area contributed by atoms with E-state index in [1.807, 2.05) is 47.7 Å². The van der Waals surface area contributed by atoms with Crippen LogP contribution in [0.25, 0.3) is 0 Å². The van der Waals surface area contributed by atoms with Crippen LogP contribution in [0.1, 0.15) is 58.8 Å². The van der Waals surface area contributed by atoms with Crippen LogP contribution in [-0.4, -0.2) is 59.8 Å². The van der Waals surface area contributed by atoms with Crippen LogP contribution in [-0.2, 0) is 14.6 Å². The first-order valence-corrected chi connectivity index (χ1v) is 12.7. The molecule has 0 aliphatic carbocycles. The van der Waals surface area contributed by atoms with E-state index in [-0.39, 0.29) is 35.7 Å². The second-order valence-electron chi connectivity index (χ2n) is 8.77. The van der Waals surface area contributed by atoms with E-state index in [4.69, 9.17) is 9.84 Å². The lowest BCUT2D eigenvalue weighted by molar-refractivity contribution is 0.0425. The fourth-order valence-electron chi connectivity index (χ4n) is 5.11. The van der Waals surface area contributed by atoms with Crippen LogP contribution >= 0.6 is 0 Å². The Kier molecular flexibility index (Phi) is 5.05. The zero-order chi connectivity index (χ0) is 21.8. The van der Waals surface area contributed by atoms with Crippen molar-refractivity contribution in [3.8, 4) is 0 Å². The van der Waals surface area contributed by atoms with E-state index in [1.54, 1.807) is 0 Å². The van der Waals surface area contributed by atoms with Crippen LogP contribution < -0.4 is 5.32 Å². The van der Waals surface area contributed by atoms with Gasteiger partial charge < -0.3 is 15.0 Å². The summed E-state index contributed by atoms with van der Waals surface area (Å²) in [5.41, 5.74) is 4.10. The van der Waals surface area contributed by atoms with Crippen LogP contribution in [0.15, 0.2) is 24.3 Å². The standard InChI is InChI=1S/C22H28N4O4S/c1-14-20(15(2)26(24-14)16-9-11-31(28,29)13-16)21-23-19-8-4-3-7-18(19)22(27)25(21)12-17-6-5-10-30-17/h3-4,7-8,16-17,21,23H,5-6,9-13H2,1-2H3/t16-,17-,21-/m1/s1. The quantitative estimate of drug-likeness (QED) is 0.779. The smallest absolute Gasteiger partial charge is 0.257 e. The molecule has 1 aromatic carbocycles. The molecule has 3 aliphatic heterocycles. The first-order valence-electron chi connectivity index (χ1n) is 10.9. The lowest BCUT2D eigenvalue weighted by Gasteiger charge is -2.39. The summed E-state index contributed by atoms with van der Waals surface area (Å²) in [4.78, 5) is 15.3. The SMILES string of the molecule is Cc1nn([C@@H]2CCS(=O)(=O)C2)c(C)c1[C@@H]1Nc2ccccc2C(=O)N1C[C@H]1CCCO1. The van der Waals surface area contributed by atoms with E-state index in [9.17, 15) is 13.2 Å². The highest BCUT2D eigenvalue weighted by Gasteiger charge is 2.39. The third-order valence-corrected chi connectivity index (χ3v) is 8.41. The van der Waals surface area contributed by atoms with Gasteiger partial charge in [0.1, 0.15) is 6.17 Å². The van der Waals surface area contributed by atoms with Gasteiger partial charge in [-0.25, -0.2) is 8.42 Å². The van der Waals surface area contributed by atoms with Crippen LogP contribution in [0.5, 0.6) is 0 Å². The molecular weight excluding hydrogens is 416 g/mol. The van der Waals surface area contributed by atoms with Crippen molar-refractivity contribution in [2.45, 2.75) is 51.4 Å². The average molecular weight is 445 g/mol. The van der Waals surface area contributed by atoms with Crippen molar-refractivity contribution in [2.24, 2.45) is 0 Å². The summed E-state index contributed by atoms with van der Waals surface area (Å²) in [7, 11) is -3.02. The number of benzene rings is 1. The minimum absolute atomic E-state index is 0.0224. The summed E-state index contributed by atoms with van der Waals surface area (Å²) in [5, 5.41) is 8.27. The number of hydrogen-bond acceptors (Lipinski definition) is 6. The van der Waals surface area contributed by atoms with Crippen LogP contribution in [0, 0.1) is 13.8 Å². The number of sulfone groups is 1. The molecule has 2 saturated heterocycles. The van der Waals surface area contributed by atoms with Gasteiger partial charge in [-0.1, -0.05) is 12.1 Å². The van der Waals surface area contributed by atoms with Crippen LogP contribution in [0.4, 0.5) is 5.69 Å². The molecule has 0 bridgehead atoms. The third kappa shape index (κ3) is 3.63. The Hall–Kier alpha value is -2.39. The fraction of sp³-hybridized carbons (Fsp3) is 0.545. The molecule has 1 N–H and O–H groups in total. The highest BCUT2D eigenvalue weighted by molar-refractivity contribution is 7.91. The predicted molar refractivity (Wildman–Crippen MR) is 117 cm³/mol. The van der Waals surface area contributed by atoms with Gasteiger partial charge in [0.25, 0.3) is 5.91 Å². The lowest BCUT2D eigenvalue weighted by atomic mass is 10.0. The summed E-state index contributed by atoms with van der Waals surface area (Å²) in [6.07, 6.45) is 2.17. The molecule has 166 valence electrons. The Morgan fingerprint density at radius 2 is 2.03 bits per heavy atom. The molecule has 3 atom stereocenters. The largest absolute Gasteiger partial charge is 0.376 e. The van der Waals surface area contributed by atoms with Gasteiger partial charge in [-0.3, -0.25) is 9.48 Å². The van der Waals surface area contributed by atoms with Crippen molar-refractivity contribution in [1.29, 1.82) is 0 Å². The molecular formula is C22H28N4O4S. The Morgan fingerprint density at radius 1 is 1.23 bits per heavy atom. The van der Waals surface area contributed by atoms with E-state index in [1.165, 1.54) is 0 Å². The van der Waals surface area contributed by atoms with Crippen LogP contribution in [0.3, 0.4) is 0 Å². The summed E-state index contributed by atoms with van der Waals surface area (Å²) >= 11 is 0. The van der Waals surface area contributed by atoms with Gasteiger partial charge in [-0.15, -0.1) is 0 Å². The van der Waals surface area contributed by atoms with Gasteiger partial charge >= 0.3 is 0 Å². The Bertz CT molecular complexity index is 1120.